The van der Waals surface area contributed by atoms with Crippen molar-refractivity contribution >= 4 is 17.7 Å². The fourth-order valence-corrected chi connectivity index (χ4v) is 2.64. The number of carbonyl (C=O) groups excluding carboxylic acids is 1. The molecule has 0 aliphatic carbocycles. The van der Waals surface area contributed by atoms with Crippen molar-refractivity contribution in [3.05, 3.63) is 33.9 Å². The maximum absolute atomic E-state index is 11.2. The lowest BCUT2D eigenvalue weighted by Gasteiger charge is -2.31. The van der Waals surface area contributed by atoms with Gasteiger partial charge in [0, 0.05) is 51.6 Å². The number of aldehydes is 1. The number of morpholine rings is 1. The van der Waals surface area contributed by atoms with E-state index >= 15 is 0 Å². The zero-order chi connectivity index (χ0) is 17.4. The second kappa shape index (κ2) is 9.31. The van der Waals surface area contributed by atoms with Crippen molar-refractivity contribution in [1.29, 1.82) is 0 Å². The lowest BCUT2D eigenvalue weighted by atomic mass is 10.1. The van der Waals surface area contributed by atoms with Gasteiger partial charge in [-0.1, -0.05) is 0 Å². The zero-order valence-electron chi connectivity index (χ0n) is 13.8. The second-order valence-electron chi connectivity index (χ2n) is 5.55. The molecule has 1 heterocycles. The van der Waals surface area contributed by atoms with Gasteiger partial charge in [-0.15, -0.1) is 0 Å². The number of nitro groups is 1. The third-order valence-electron chi connectivity index (χ3n) is 4.06. The van der Waals surface area contributed by atoms with Gasteiger partial charge in [-0.3, -0.25) is 19.8 Å². The molecule has 0 spiro atoms. The van der Waals surface area contributed by atoms with Crippen molar-refractivity contribution < 1.29 is 19.2 Å². The Morgan fingerprint density at radius 1 is 1.38 bits per heavy atom. The summed E-state index contributed by atoms with van der Waals surface area (Å²) in [5, 5.41) is 11.2. The lowest BCUT2D eigenvalue weighted by molar-refractivity contribution is -0.385. The molecule has 0 radical (unpaired) electrons. The van der Waals surface area contributed by atoms with Gasteiger partial charge in [-0.2, -0.15) is 0 Å². The van der Waals surface area contributed by atoms with Gasteiger partial charge in [-0.25, -0.2) is 0 Å². The summed E-state index contributed by atoms with van der Waals surface area (Å²) in [6.07, 6.45) is 0.509. The van der Waals surface area contributed by atoms with Crippen LogP contribution in [0.2, 0.25) is 0 Å². The third-order valence-corrected chi connectivity index (χ3v) is 4.06. The maximum Gasteiger partial charge on any atom is 0.281 e. The number of benzene rings is 1. The average molecular weight is 337 g/mol. The van der Waals surface area contributed by atoms with Gasteiger partial charge in [0.2, 0.25) is 0 Å². The number of anilines is 1. The van der Waals surface area contributed by atoms with Crippen LogP contribution in [0, 0.1) is 10.1 Å². The molecular formula is C16H23N3O5. The van der Waals surface area contributed by atoms with Gasteiger partial charge in [0.15, 0.2) is 6.29 Å². The summed E-state index contributed by atoms with van der Waals surface area (Å²) in [5.74, 6) is 0. The monoisotopic (exact) mass is 337 g/mol. The molecule has 1 aromatic rings. The van der Waals surface area contributed by atoms with Crippen LogP contribution in [0.5, 0.6) is 0 Å². The molecule has 1 aliphatic rings. The Labute approximate surface area is 141 Å². The van der Waals surface area contributed by atoms with Crippen LogP contribution in [0.15, 0.2) is 18.2 Å². The minimum absolute atomic E-state index is 0.0867. The van der Waals surface area contributed by atoms with Crippen LogP contribution in [0.4, 0.5) is 11.4 Å². The summed E-state index contributed by atoms with van der Waals surface area (Å²) in [4.78, 5) is 25.9. The predicted molar refractivity (Wildman–Crippen MR) is 89.8 cm³/mol. The number of nitro benzene ring substituents is 1. The minimum Gasteiger partial charge on any atom is -0.383 e. The Hall–Kier alpha value is -2.03. The normalized spacial score (nSPS) is 15.2. The molecule has 1 fully saturated rings. The molecule has 132 valence electrons. The molecule has 1 saturated heterocycles. The van der Waals surface area contributed by atoms with Crippen LogP contribution < -0.4 is 4.90 Å². The van der Waals surface area contributed by atoms with Crippen molar-refractivity contribution in [2.75, 3.05) is 64.6 Å². The van der Waals surface area contributed by atoms with Crippen molar-refractivity contribution in [2.45, 2.75) is 0 Å². The number of methoxy groups -OCH3 is 1. The predicted octanol–water partition coefficient (Wildman–Crippen LogP) is 1.19. The Balaban J connectivity index is 2.12. The Kier molecular flexibility index (Phi) is 7.10. The van der Waals surface area contributed by atoms with Crippen LogP contribution in [0.25, 0.3) is 0 Å². The number of hydrogen-bond donors (Lipinski definition) is 0. The van der Waals surface area contributed by atoms with Gasteiger partial charge in [0.05, 0.1) is 30.3 Å². The van der Waals surface area contributed by atoms with Crippen molar-refractivity contribution in [1.82, 2.24) is 4.90 Å². The van der Waals surface area contributed by atoms with Crippen molar-refractivity contribution in [3.63, 3.8) is 0 Å². The molecule has 0 saturated carbocycles. The highest BCUT2D eigenvalue weighted by atomic mass is 16.6. The van der Waals surface area contributed by atoms with E-state index in [-0.39, 0.29) is 11.3 Å². The summed E-state index contributed by atoms with van der Waals surface area (Å²) in [6, 6.07) is 4.69. The van der Waals surface area contributed by atoms with Crippen molar-refractivity contribution in [3.8, 4) is 0 Å². The van der Waals surface area contributed by atoms with Crippen LogP contribution >= 0.6 is 0 Å². The summed E-state index contributed by atoms with van der Waals surface area (Å²) in [6.45, 7) is 5.96. The lowest BCUT2D eigenvalue weighted by Crippen LogP contribution is -2.42. The number of rotatable bonds is 9. The third kappa shape index (κ3) is 4.98. The highest BCUT2D eigenvalue weighted by molar-refractivity contribution is 5.83. The van der Waals surface area contributed by atoms with E-state index in [2.05, 4.69) is 4.90 Å². The fraction of sp³-hybridized carbons (Fsp3) is 0.562. The first-order chi connectivity index (χ1) is 11.7. The molecule has 8 heteroatoms. The Bertz CT molecular complexity index is 561. The Morgan fingerprint density at radius 2 is 2.12 bits per heavy atom. The molecule has 24 heavy (non-hydrogen) atoms. The van der Waals surface area contributed by atoms with Crippen LogP contribution in [-0.2, 0) is 9.47 Å². The largest absolute Gasteiger partial charge is 0.383 e. The molecule has 0 atom stereocenters. The number of hydrogen-bond acceptors (Lipinski definition) is 7. The first-order valence-electron chi connectivity index (χ1n) is 7.93. The first kappa shape index (κ1) is 18.3. The highest BCUT2D eigenvalue weighted by Crippen LogP contribution is 2.24. The molecule has 1 aliphatic heterocycles. The van der Waals surface area contributed by atoms with Gasteiger partial charge >= 0.3 is 0 Å². The molecular weight excluding hydrogens is 314 g/mol. The van der Waals surface area contributed by atoms with Gasteiger partial charge in [-0.05, 0) is 12.1 Å². The molecule has 0 amide bonds. The summed E-state index contributed by atoms with van der Waals surface area (Å²) in [7, 11) is 1.62. The maximum atomic E-state index is 11.2. The summed E-state index contributed by atoms with van der Waals surface area (Å²) >= 11 is 0. The average Bonchev–Trinajstić information content (AvgIpc) is 2.62. The van der Waals surface area contributed by atoms with Crippen LogP contribution in [0.3, 0.4) is 0 Å². The molecule has 1 aromatic carbocycles. The molecule has 0 unspecified atom stereocenters. The van der Waals surface area contributed by atoms with E-state index in [1.807, 2.05) is 4.90 Å². The van der Waals surface area contributed by atoms with E-state index in [1.54, 1.807) is 13.2 Å². The number of carbonyl (C=O) groups is 1. The number of ether oxygens (including phenoxy) is 2. The molecule has 2 rings (SSSR count). The number of nitrogens with zero attached hydrogens (tertiary/aromatic N) is 3. The van der Waals surface area contributed by atoms with E-state index in [0.29, 0.717) is 19.4 Å². The van der Waals surface area contributed by atoms with Gasteiger partial charge in [0.25, 0.3) is 5.69 Å². The molecule has 0 N–H and O–H groups in total. The highest BCUT2D eigenvalue weighted by Gasteiger charge is 2.18. The Morgan fingerprint density at radius 3 is 2.75 bits per heavy atom. The quantitative estimate of drug-likeness (QED) is 0.380. The van der Waals surface area contributed by atoms with E-state index in [9.17, 15) is 14.9 Å². The first-order valence-corrected chi connectivity index (χ1v) is 7.93. The molecule has 0 bridgehead atoms. The van der Waals surface area contributed by atoms with Gasteiger partial charge in [0.1, 0.15) is 0 Å². The van der Waals surface area contributed by atoms with E-state index < -0.39 is 4.92 Å². The zero-order valence-corrected chi connectivity index (χ0v) is 13.8. The molecule has 8 nitrogen and oxygen atoms in total. The topological polar surface area (TPSA) is 85.2 Å². The second-order valence-corrected chi connectivity index (χ2v) is 5.55. The minimum atomic E-state index is -0.524. The van der Waals surface area contributed by atoms with E-state index in [1.165, 1.54) is 12.1 Å². The summed E-state index contributed by atoms with van der Waals surface area (Å²) < 4.78 is 10.5. The smallest absolute Gasteiger partial charge is 0.281 e. The fourth-order valence-electron chi connectivity index (χ4n) is 2.64. The standard InChI is InChI=1S/C16H23N3O5/c1-23-9-8-18(5-4-17-6-10-24-11-7-17)15-3-2-14(13-20)16(12-15)19(21)22/h2-3,12-13H,4-11H2,1H3. The van der Waals surface area contributed by atoms with E-state index in [0.717, 1.165) is 45.1 Å². The van der Waals surface area contributed by atoms with Crippen LogP contribution in [-0.4, -0.2) is 75.8 Å². The SMILES string of the molecule is COCCN(CCN1CCOCC1)c1ccc(C=O)c([N+](=O)[O-])c1. The summed E-state index contributed by atoms with van der Waals surface area (Å²) in [5.41, 5.74) is 0.637. The molecule has 0 aromatic heterocycles. The van der Waals surface area contributed by atoms with Gasteiger partial charge < -0.3 is 14.4 Å². The van der Waals surface area contributed by atoms with Crippen LogP contribution in [0.1, 0.15) is 10.4 Å². The van der Waals surface area contributed by atoms with E-state index in [4.69, 9.17) is 9.47 Å². The van der Waals surface area contributed by atoms with Crippen molar-refractivity contribution in [2.24, 2.45) is 0 Å².